The largest absolute Gasteiger partial charge is 0.423 e. The highest BCUT2D eigenvalue weighted by molar-refractivity contribution is 5.80. The molecule has 0 N–H and O–H groups in total. The smallest absolute Gasteiger partial charge is 0.336 e. The van der Waals surface area contributed by atoms with Gasteiger partial charge in [-0.25, -0.2) is 4.79 Å². The number of nitrogens with zero attached hydrogens (tertiary/aromatic N) is 1. The Balaban J connectivity index is 1.93. The first-order chi connectivity index (χ1) is 10.2. The van der Waals surface area contributed by atoms with Gasteiger partial charge in [0, 0.05) is 30.5 Å². The summed E-state index contributed by atoms with van der Waals surface area (Å²) >= 11 is 0. The Labute approximate surface area is 123 Å². The Hall–Kier alpha value is -1.94. The maximum absolute atomic E-state index is 11.7. The van der Waals surface area contributed by atoms with Crippen molar-refractivity contribution in [3.63, 3.8) is 0 Å². The summed E-state index contributed by atoms with van der Waals surface area (Å²) in [5.41, 5.74) is 2.38. The van der Waals surface area contributed by atoms with Crippen LogP contribution in [0, 0.1) is 12.8 Å². The fourth-order valence-corrected chi connectivity index (χ4v) is 3.05. The van der Waals surface area contributed by atoms with E-state index in [1.54, 1.807) is 6.07 Å². The number of rotatable bonds is 3. The van der Waals surface area contributed by atoms with Gasteiger partial charge in [0.15, 0.2) is 0 Å². The lowest BCUT2D eigenvalue weighted by atomic mass is 9.99. The highest BCUT2D eigenvalue weighted by Gasteiger charge is 2.20. The average Bonchev–Trinajstić information content (AvgIpc) is 2.46. The third kappa shape index (κ3) is 3.05. The van der Waals surface area contributed by atoms with Crippen molar-refractivity contribution in [2.75, 3.05) is 13.1 Å². The number of aryl methyl sites for hydroxylation is 1. The van der Waals surface area contributed by atoms with E-state index in [0.29, 0.717) is 12.1 Å². The molecule has 1 atom stereocenters. The quantitative estimate of drug-likeness (QED) is 0.642. The molecular formula is C17H19NO3. The molecule has 0 amide bonds. The second kappa shape index (κ2) is 5.82. The lowest BCUT2D eigenvalue weighted by Crippen LogP contribution is -2.35. The summed E-state index contributed by atoms with van der Waals surface area (Å²) in [7, 11) is 0. The number of likely N-dealkylation sites (tertiary alicyclic amines) is 1. The second-order valence-electron chi connectivity index (χ2n) is 5.86. The molecule has 1 saturated heterocycles. The highest BCUT2D eigenvalue weighted by Crippen LogP contribution is 2.22. The number of hydrogen-bond donors (Lipinski definition) is 0. The van der Waals surface area contributed by atoms with Crippen LogP contribution in [0.3, 0.4) is 0 Å². The van der Waals surface area contributed by atoms with Gasteiger partial charge < -0.3 is 9.21 Å². The molecule has 1 unspecified atom stereocenters. The zero-order chi connectivity index (χ0) is 14.8. The first kappa shape index (κ1) is 14.0. The molecule has 110 valence electrons. The zero-order valence-electron chi connectivity index (χ0n) is 12.2. The lowest BCUT2D eigenvalue weighted by Gasteiger charge is -2.30. The van der Waals surface area contributed by atoms with Crippen molar-refractivity contribution in [3.05, 3.63) is 45.8 Å². The minimum atomic E-state index is -0.313. The predicted molar refractivity (Wildman–Crippen MR) is 81.3 cm³/mol. The second-order valence-corrected chi connectivity index (χ2v) is 5.86. The molecule has 0 radical (unpaired) electrons. The van der Waals surface area contributed by atoms with Gasteiger partial charge in [0.1, 0.15) is 11.9 Å². The van der Waals surface area contributed by atoms with Gasteiger partial charge in [0.05, 0.1) is 0 Å². The molecule has 1 aliphatic heterocycles. The van der Waals surface area contributed by atoms with Crippen molar-refractivity contribution in [1.29, 1.82) is 0 Å². The van der Waals surface area contributed by atoms with Gasteiger partial charge >= 0.3 is 5.63 Å². The topological polar surface area (TPSA) is 50.5 Å². The number of fused-ring (bicyclic) bond motifs is 1. The predicted octanol–water partition coefficient (Wildman–Crippen LogP) is 2.51. The molecule has 4 nitrogen and oxygen atoms in total. The molecule has 0 bridgehead atoms. The number of hydrogen-bond acceptors (Lipinski definition) is 4. The first-order valence-corrected chi connectivity index (χ1v) is 7.37. The number of aldehydes is 1. The van der Waals surface area contributed by atoms with Crippen molar-refractivity contribution in [1.82, 2.24) is 4.90 Å². The third-order valence-corrected chi connectivity index (χ3v) is 4.11. The minimum Gasteiger partial charge on any atom is -0.423 e. The summed E-state index contributed by atoms with van der Waals surface area (Å²) in [6, 6.07) is 7.49. The summed E-state index contributed by atoms with van der Waals surface area (Å²) in [6.45, 7) is 4.41. The van der Waals surface area contributed by atoms with Gasteiger partial charge in [-0.15, -0.1) is 0 Å². The summed E-state index contributed by atoms with van der Waals surface area (Å²) in [5, 5.41) is 0.980. The molecule has 1 fully saturated rings. The normalized spacial score (nSPS) is 19.8. The summed E-state index contributed by atoms with van der Waals surface area (Å²) < 4.78 is 5.28. The molecule has 2 aromatic rings. The van der Waals surface area contributed by atoms with E-state index in [4.69, 9.17) is 4.42 Å². The summed E-state index contributed by atoms with van der Waals surface area (Å²) in [5.74, 6) is 0.118. The van der Waals surface area contributed by atoms with Crippen LogP contribution >= 0.6 is 0 Å². The van der Waals surface area contributed by atoms with E-state index in [2.05, 4.69) is 4.90 Å². The zero-order valence-corrected chi connectivity index (χ0v) is 12.2. The number of carbonyl (C=O) groups excluding carboxylic acids is 1. The molecule has 21 heavy (non-hydrogen) atoms. The van der Waals surface area contributed by atoms with Crippen LogP contribution in [0.4, 0.5) is 0 Å². The van der Waals surface area contributed by atoms with Gasteiger partial charge in [-0.05, 0) is 43.5 Å². The van der Waals surface area contributed by atoms with Crippen LogP contribution in [0.1, 0.15) is 24.0 Å². The molecule has 3 rings (SSSR count). The molecule has 1 aromatic heterocycles. The number of carbonyl (C=O) groups is 1. The molecule has 0 aliphatic carbocycles. The van der Waals surface area contributed by atoms with E-state index >= 15 is 0 Å². The Morgan fingerprint density at radius 1 is 1.38 bits per heavy atom. The van der Waals surface area contributed by atoms with Crippen LogP contribution < -0.4 is 5.63 Å². The Bertz CT molecular complexity index is 720. The van der Waals surface area contributed by atoms with Gasteiger partial charge in [0.2, 0.25) is 0 Å². The number of piperidine rings is 1. The van der Waals surface area contributed by atoms with Gasteiger partial charge in [0.25, 0.3) is 0 Å². The van der Waals surface area contributed by atoms with E-state index in [0.717, 1.165) is 48.7 Å². The van der Waals surface area contributed by atoms with Crippen molar-refractivity contribution < 1.29 is 9.21 Å². The van der Waals surface area contributed by atoms with E-state index in [9.17, 15) is 9.59 Å². The Morgan fingerprint density at radius 3 is 3.05 bits per heavy atom. The highest BCUT2D eigenvalue weighted by atomic mass is 16.4. The third-order valence-electron chi connectivity index (χ3n) is 4.11. The minimum absolute atomic E-state index is 0.118. The lowest BCUT2D eigenvalue weighted by molar-refractivity contribution is -0.112. The van der Waals surface area contributed by atoms with Crippen molar-refractivity contribution in [3.8, 4) is 0 Å². The molecular weight excluding hydrogens is 266 g/mol. The maximum atomic E-state index is 11.7. The molecule has 0 spiro atoms. The van der Waals surface area contributed by atoms with Crippen LogP contribution in [-0.4, -0.2) is 24.3 Å². The van der Waals surface area contributed by atoms with Crippen LogP contribution in [0.25, 0.3) is 11.0 Å². The number of benzene rings is 1. The molecule has 1 aliphatic rings. The van der Waals surface area contributed by atoms with E-state index < -0.39 is 0 Å². The fraction of sp³-hybridized carbons (Fsp3) is 0.412. The van der Waals surface area contributed by atoms with E-state index in [1.165, 1.54) is 0 Å². The summed E-state index contributed by atoms with van der Waals surface area (Å²) in [4.78, 5) is 25.0. The molecule has 1 aromatic carbocycles. The first-order valence-electron chi connectivity index (χ1n) is 7.37. The van der Waals surface area contributed by atoms with Crippen LogP contribution in [-0.2, 0) is 11.3 Å². The van der Waals surface area contributed by atoms with E-state index in [1.807, 2.05) is 25.1 Å². The monoisotopic (exact) mass is 285 g/mol. The van der Waals surface area contributed by atoms with Crippen LogP contribution in [0.2, 0.25) is 0 Å². The standard InChI is InChI=1S/C17H19NO3/c1-12-4-5-15-14(8-17(20)21-16(15)7-12)10-18-6-2-3-13(9-18)11-19/h4-5,7-8,11,13H,2-3,6,9-10H2,1H3. The van der Waals surface area contributed by atoms with Crippen LogP contribution in [0.15, 0.2) is 33.5 Å². The van der Waals surface area contributed by atoms with Crippen molar-refractivity contribution >= 4 is 17.3 Å². The molecule has 0 saturated carbocycles. The maximum Gasteiger partial charge on any atom is 0.336 e. The van der Waals surface area contributed by atoms with Gasteiger partial charge in [-0.1, -0.05) is 12.1 Å². The average molecular weight is 285 g/mol. The van der Waals surface area contributed by atoms with Gasteiger partial charge in [-0.2, -0.15) is 0 Å². The van der Waals surface area contributed by atoms with Crippen molar-refractivity contribution in [2.45, 2.75) is 26.3 Å². The molecule has 4 heteroatoms. The molecule has 2 heterocycles. The SMILES string of the molecule is Cc1ccc2c(CN3CCCC(C=O)C3)cc(=O)oc2c1. The Kier molecular flexibility index (Phi) is 3.88. The Morgan fingerprint density at radius 2 is 2.24 bits per heavy atom. The van der Waals surface area contributed by atoms with Gasteiger partial charge in [-0.3, -0.25) is 4.90 Å². The van der Waals surface area contributed by atoms with Crippen LogP contribution in [0.5, 0.6) is 0 Å². The van der Waals surface area contributed by atoms with E-state index in [-0.39, 0.29) is 11.5 Å². The van der Waals surface area contributed by atoms with Crippen molar-refractivity contribution in [2.24, 2.45) is 5.92 Å². The summed E-state index contributed by atoms with van der Waals surface area (Å²) in [6.07, 6.45) is 3.05. The fourth-order valence-electron chi connectivity index (χ4n) is 3.05.